The molecule has 1 aromatic heterocycles. The van der Waals surface area contributed by atoms with E-state index in [0.717, 1.165) is 27.9 Å². The first kappa shape index (κ1) is 18.7. The molecule has 0 aliphatic carbocycles. The number of hydrogen-bond donors (Lipinski definition) is 1. The SMILES string of the molecule is COc1cccc(-c2nc3ccccc3n2CC(=O)NCc2ccc(F)cc2)c1. The minimum absolute atomic E-state index is 0.119. The number of rotatable bonds is 6. The summed E-state index contributed by atoms with van der Waals surface area (Å²) in [6.07, 6.45) is 0. The Balaban J connectivity index is 1.61. The standard InChI is InChI=1S/C23H20FN3O2/c1-29-19-6-4-5-17(13-19)23-26-20-7-2-3-8-21(20)27(23)15-22(28)25-14-16-9-11-18(24)12-10-16/h2-13H,14-15H2,1H3,(H,25,28). The molecule has 0 bridgehead atoms. The van der Waals surface area contributed by atoms with Crippen molar-refractivity contribution in [2.75, 3.05) is 7.11 Å². The zero-order chi connectivity index (χ0) is 20.2. The molecule has 29 heavy (non-hydrogen) atoms. The highest BCUT2D eigenvalue weighted by molar-refractivity contribution is 5.84. The van der Waals surface area contributed by atoms with E-state index < -0.39 is 0 Å². The Labute approximate surface area is 167 Å². The van der Waals surface area contributed by atoms with Crippen LogP contribution < -0.4 is 10.1 Å². The minimum atomic E-state index is -0.298. The second-order valence-corrected chi connectivity index (χ2v) is 6.65. The largest absolute Gasteiger partial charge is 0.497 e. The van der Waals surface area contributed by atoms with Gasteiger partial charge in [0.2, 0.25) is 5.91 Å². The summed E-state index contributed by atoms with van der Waals surface area (Å²) >= 11 is 0. The fourth-order valence-corrected chi connectivity index (χ4v) is 3.22. The van der Waals surface area contributed by atoms with Crippen molar-refractivity contribution in [3.8, 4) is 17.1 Å². The summed E-state index contributed by atoms with van der Waals surface area (Å²) in [5, 5.41) is 2.89. The first-order valence-corrected chi connectivity index (χ1v) is 9.25. The number of amides is 1. The van der Waals surface area contributed by atoms with E-state index in [1.165, 1.54) is 12.1 Å². The number of fused-ring (bicyclic) bond motifs is 1. The van der Waals surface area contributed by atoms with Crippen LogP contribution in [-0.4, -0.2) is 22.6 Å². The average Bonchev–Trinajstić information content (AvgIpc) is 3.12. The van der Waals surface area contributed by atoms with Crippen molar-refractivity contribution in [2.45, 2.75) is 13.1 Å². The number of carbonyl (C=O) groups excluding carboxylic acids is 1. The molecule has 0 saturated carbocycles. The fourth-order valence-electron chi connectivity index (χ4n) is 3.22. The van der Waals surface area contributed by atoms with Gasteiger partial charge in [-0.3, -0.25) is 4.79 Å². The lowest BCUT2D eigenvalue weighted by molar-refractivity contribution is -0.121. The third-order valence-electron chi connectivity index (χ3n) is 4.69. The number of methoxy groups -OCH3 is 1. The Kier molecular flexibility index (Phi) is 5.24. The number of benzene rings is 3. The van der Waals surface area contributed by atoms with Crippen LogP contribution in [0.3, 0.4) is 0 Å². The monoisotopic (exact) mass is 389 g/mol. The molecule has 4 rings (SSSR count). The van der Waals surface area contributed by atoms with Crippen molar-refractivity contribution in [2.24, 2.45) is 0 Å². The van der Waals surface area contributed by atoms with E-state index in [1.54, 1.807) is 19.2 Å². The van der Waals surface area contributed by atoms with E-state index in [1.807, 2.05) is 53.1 Å². The summed E-state index contributed by atoms with van der Waals surface area (Å²) in [5.41, 5.74) is 3.40. The third-order valence-corrected chi connectivity index (χ3v) is 4.69. The van der Waals surface area contributed by atoms with Crippen molar-refractivity contribution >= 4 is 16.9 Å². The lowest BCUT2D eigenvalue weighted by Gasteiger charge is -2.11. The summed E-state index contributed by atoms with van der Waals surface area (Å²) in [5.74, 6) is 0.971. The van der Waals surface area contributed by atoms with Crippen molar-refractivity contribution in [1.29, 1.82) is 0 Å². The van der Waals surface area contributed by atoms with Gasteiger partial charge in [-0.2, -0.15) is 0 Å². The van der Waals surface area contributed by atoms with Crippen LogP contribution in [-0.2, 0) is 17.9 Å². The Morgan fingerprint density at radius 3 is 2.66 bits per heavy atom. The molecule has 1 N–H and O–H groups in total. The lowest BCUT2D eigenvalue weighted by atomic mass is 10.2. The lowest BCUT2D eigenvalue weighted by Crippen LogP contribution is -2.27. The minimum Gasteiger partial charge on any atom is -0.497 e. The zero-order valence-corrected chi connectivity index (χ0v) is 15.9. The van der Waals surface area contributed by atoms with E-state index in [2.05, 4.69) is 5.32 Å². The Hall–Kier alpha value is -3.67. The van der Waals surface area contributed by atoms with Crippen LogP contribution >= 0.6 is 0 Å². The van der Waals surface area contributed by atoms with E-state index in [9.17, 15) is 9.18 Å². The molecule has 3 aromatic carbocycles. The number of nitrogens with one attached hydrogen (secondary N) is 1. The second kappa shape index (κ2) is 8.14. The van der Waals surface area contributed by atoms with Gasteiger partial charge in [0.25, 0.3) is 0 Å². The number of carbonyl (C=O) groups is 1. The second-order valence-electron chi connectivity index (χ2n) is 6.65. The summed E-state index contributed by atoms with van der Waals surface area (Å²) in [6, 6.07) is 21.4. The van der Waals surface area contributed by atoms with Crippen LogP contribution in [0.4, 0.5) is 4.39 Å². The highest BCUT2D eigenvalue weighted by atomic mass is 19.1. The highest BCUT2D eigenvalue weighted by Gasteiger charge is 2.15. The van der Waals surface area contributed by atoms with E-state index >= 15 is 0 Å². The topological polar surface area (TPSA) is 56.2 Å². The van der Waals surface area contributed by atoms with Crippen molar-refractivity contribution in [3.63, 3.8) is 0 Å². The Morgan fingerprint density at radius 2 is 1.86 bits per heavy atom. The van der Waals surface area contributed by atoms with E-state index in [0.29, 0.717) is 12.4 Å². The van der Waals surface area contributed by atoms with E-state index in [4.69, 9.17) is 9.72 Å². The molecule has 1 heterocycles. The molecule has 6 heteroatoms. The molecule has 0 spiro atoms. The fraction of sp³-hybridized carbons (Fsp3) is 0.130. The summed E-state index contributed by atoms with van der Waals surface area (Å²) < 4.78 is 20.3. The van der Waals surface area contributed by atoms with Gasteiger partial charge in [-0.25, -0.2) is 9.37 Å². The van der Waals surface area contributed by atoms with Gasteiger partial charge in [0.15, 0.2) is 0 Å². The predicted octanol–water partition coefficient (Wildman–Crippen LogP) is 4.17. The number of ether oxygens (including phenoxy) is 1. The summed E-state index contributed by atoms with van der Waals surface area (Å²) in [4.78, 5) is 17.4. The van der Waals surface area contributed by atoms with Crippen LogP contribution in [0.1, 0.15) is 5.56 Å². The maximum atomic E-state index is 13.0. The Bertz CT molecular complexity index is 1150. The molecule has 0 aliphatic rings. The maximum Gasteiger partial charge on any atom is 0.240 e. The van der Waals surface area contributed by atoms with Crippen LogP contribution in [0.2, 0.25) is 0 Å². The number of halogens is 1. The zero-order valence-electron chi connectivity index (χ0n) is 15.9. The van der Waals surface area contributed by atoms with Crippen LogP contribution in [0.5, 0.6) is 5.75 Å². The average molecular weight is 389 g/mol. The number of hydrogen-bond acceptors (Lipinski definition) is 3. The maximum absolute atomic E-state index is 13.0. The van der Waals surface area contributed by atoms with Gasteiger partial charge in [-0.05, 0) is 42.0 Å². The molecule has 0 fully saturated rings. The van der Waals surface area contributed by atoms with Gasteiger partial charge in [0.1, 0.15) is 23.9 Å². The summed E-state index contributed by atoms with van der Waals surface area (Å²) in [6.45, 7) is 0.453. The van der Waals surface area contributed by atoms with Crippen molar-refractivity contribution < 1.29 is 13.9 Å². The first-order chi connectivity index (χ1) is 14.1. The number of imidazole rings is 1. The van der Waals surface area contributed by atoms with Gasteiger partial charge >= 0.3 is 0 Å². The van der Waals surface area contributed by atoms with Crippen LogP contribution in [0.25, 0.3) is 22.4 Å². The van der Waals surface area contributed by atoms with Gasteiger partial charge in [-0.15, -0.1) is 0 Å². The molecule has 0 unspecified atom stereocenters. The quantitative estimate of drug-likeness (QED) is 0.539. The van der Waals surface area contributed by atoms with E-state index in [-0.39, 0.29) is 18.3 Å². The molecule has 0 radical (unpaired) electrons. The number of nitrogens with zero attached hydrogens (tertiary/aromatic N) is 2. The van der Waals surface area contributed by atoms with Crippen LogP contribution in [0.15, 0.2) is 72.8 Å². The molecular weight excluding hydrogens is 369 g/mol. The predicted molar refractivity (Wildman–Crippen MR) is 110 cm³/mol. The summed E-state index contributed by atoms with van der Waals surface area (Å²) in [7, 11) is 1.62. The molecular formula is C23H20FN3O2. The third kappa shape index (κ3) is 4.11. The molecule has 0 aliphatic heterocycles. The van der Waals surface area contributed by atoms with Crippen LogP contribution in [0, 0.1) is 5.82 Å². The van der Waals surface area contributed by atoms with Gasteiger partial charge in [0.05, 0.1) is 18.1 Å². The molecule has 0 atom stereocenters. The molecule has 4 aromatic rings. The Morgan fingerprint density at radius 1 is 1.07 bits per heavy atom. The normalized spacial score (nSPS) is 10.8. The van der Waals surface area contributed by atoms with Gasteiger partial charge < -0.3 is 14.6 Å². The molecule has 5 nitrogen and oxygen atoms in total. The highest BCUT2D eigenvalue weighted by Crippen LogP contribution is 2.27. The number of aromatic nitrogens is 2. The van der Waals surface area contributed by atoms with Gasteiger partial charge in [0, 0.05) is 12.1 Å². The number of para-hydroxylation sites is 2. The van der Waals surface area contributed by atoms with Gasteiger partial charge in [-0.1, -0.05) is 36.4 Å². The van der Waals surface area contributed by atoms with Crippen molar-refractivity contribution in [1.82, 2.24) is 14.9 Å². The smallest absolute Gasteiger partial charge is 0.240 e. The first-order valence-electron chi connectivity index (χ1n) is 9.25. The molecule has 1 amide bonds. The molecule has 0 saturated heterocycles. The molecule has 146 valence electrons. The van der Waals surface area contributed by atoms with Crippen molar-refractivity contribution in [3.05, 3.63) is 84.2 Å².